The molecule has 4 heteroatoms. The van der Waals surface area contributed by atoms with Gasteiger partial charge >= 0.3 is 0 Å². The summed E-state index contributed by atoms with van der Waals surface area (Å²) in [5.74, 6) is -0.411. The lowest BCUT2D eigenvalue weighted by Gasteiger charge is -2.36. The minimum absolute atomic E-state index is 0.0946. The van der Waals surface area contributed by atoms with Gasteiger partial charge in [-0.2, -0.15) is 0 Å². The maximum Gasteiger partial charge on any atom is 0.161 e. The Hall–Kier alpha value is -1.68. The number of Topliss-reactive ketones (excluding diaryl/α,β-unsaturated/α-hetero) is 1. The van der Waals surface area contributed by atoms with Crippen LogP contribution in [0.1, 0.15) is 40.7 Å². The summed E-state index contributed by atoms with van der Waals surface area (Å²) in [7, 11) is 0. The van der Waals surface area contributed by atoms with Crippen molar-refractivity contribution in [3.63, 3.8) is 0 Å². The van der Waals surface area contributed by atoms with Crippen molar-refractivity contribution in [2.75, 3.05) is 11.4 Å². The Bertz CT molecular complexity index is 664. The molecule has 0 bridgehead atoms. The van der Waals surface area contributed by atoms with Gasteiger partial charge in [0.15, 0.2) is 5.78 Å². The lowest BCUT2D eigenvalue weighted by atomic mass is 9.98. The maximum atomic E-state index is 14.3. The Morgan fingerprint density at radius 2 is 2.20 bits per heavy atom. The van der Waals surface area contributed by atoms with Crippen LogP contribution in [0, 0.1) is 5.82 Å². The zero-order valence-corrected chi connectivity index (χ0v) is 12.3. The molecular weight excluding hydrogens is 273 g/mol. The van der Waals surface area contributed by atoms with E-state index in [1.54, 1.807) is 23.5 Å². The van der Waals surface area contributed by atoms with Crippen LogP contribution < -0.4 is 4.90 Å². The van der Waals surface area contributed by atoms with E-state index in [1.807, 2.05) is 4.90 Å². The Kier molecular flexibility index (Phi) is 3.34. The molecule has 0 fully saturated rings. The van der Waals surface area contributed by atoms with Gasteiger partial charge in [0.1, 0.15) is 5.82 Å². The van der Waals surface area contributed by atoms with Crippen molar-refractivity contribution in [2.24, 2.45) is 0 Å². The molecule has 2 nitrogen and oxygen atoms in total. The number of ketones is 1. The van der Waals surface area contributed by atoms with Crippen LogP contribution in [0.2, 0.25) is 0 Å². The van der Waals surface area contributed by atoms with Gasteiger partial charge in [-0.1, -0.05) is 6.07 Å². The average molecular weight is 289 g/mol. The Labute approximate surface area is 121 Å². The number of para-hydroxylation sites is 1. The molecule has 1 aromatic heterocycles. The van der Waals surface area contributed by atoms with Gasteiger partial charge in [-0.15, -0.1) is 11.3 Å². The number of rotatable bonds is 2. The van der Waals surface area contributed by atoms with Crippen molar-refractivity contribution in [3.8, 4) is 0 Å². The van der Waals surface area contributed by atoms with Gasteiger partial charge in [0.25, 0.3) is 0 Å². The predicted molar refractivity (Wildman–Crippen MR) is 80.2 cm³/mol. The number of nitrogens with zero attached hydrogens (tertiary/aromatic N) is 1. The molecule has 20 heavy (non-hydrogen) atoms. The van der Waals surface area contributed by atoms with Crippen molar-refractivity contribution < 1.29 is 9.18 Å². The molecular formula is C16H16FNOS. The van der Waals surface area contributed by atoms with Crippen LogP contribution in [0.5, 0.6) is 0 Å². The molecule has 0 radical (unpaired) electrons. The normalized spacial score (nSPS) is 17.9. The van der Waals surface area contributed by atoms with Gasteiger partial charge in [0, 0.05) is 17.0 Å². The zero-order chi connectivity index (χ0) is 14.3. The Morgan fingerprint density at radius 1 is 1.40 bits per heavy atom. The highest BCUT2D eigenvalue weighted by molar-refractivity contribution is 7.10. The van der Waals surface area contributed by atoms with Gasteiger partial charge in [-0.05, 0) is 49.4 Å². The monoisotopic (exact) mass is 289 g/mol. The highest BCUT2D eigenvalue weighted by Crippen LogP contribution is 2.38. The van der Waals surface area contributed by atoms with Crippen LogP contribution >= 0.6 is 11.3 Å². The SMILES string of the molecule is CC(=O)c1cccc(F)c1N1CCc2sccc2C1C. The highest BCUT2D eigenvalue weighted by Gasteiger charge is 2.28. The third-order valence-electron chi connectivity index (χ3n) is 3.93. The second-order valence-corrected chi connectivity index (χ2v) is 6.11. The fourth-order valence-electron chi connectivity index (χ4n) is 2.91. The van der Waals surface area contributed by atoms with Crippen LogP contribution in [-0.2, 0) is 6.42 Å². The molecule has 0 aliphatic carbocycles. The molecule has 0 amide bonds. The number of carbonyl (C=O) groups excluding carboxylic acids is 1. The molecule has 1 atom stereocenters. The van der Waals surface area contributed by atoms with E-state index in [0.717, 1.165) is 13.0 Å². The van der Waals surface area contributed by atoms with Crippen molar-refractivity contribution in [1.29, 1.82) is 0 Å². The second-order valence-electron chi connectivity index (χ2n) is 5.11. The van der Waals surface area contributed by atoms with E-state index in [-0.39, 0.29) is 17.6 Å². The van der Waals surface area contributed by atoms with Crippen LogP contribution in [0.25, 0.3) is 0 Å². The summed E-state index contributed by atoms with van der Waals surface area (Å²) in [5.41, 5.74) is 2.17. The van der Waals surface area contributed by atoms with E-state index in [9.17, 15) is 9.18 Å². The van der Waals surface area contributed by atoms with E-state index < -0.39 is 0 Å². The molecule has 3 rings (SSSR count). The van der Waals surface area contributed by atoms with Crippen molar-refractivity contribution in [3.05, 3.63) is 51.5 Å². The standard InChI is InChI=1S/C16H16FNOS/c1-10-12-7-9-20-15(12)6-8-18(10)16-13(11(2)19)4-3-5-14(16)17/h3-5,7,9-10H,6,8H2,1-2H3. The Morgan fingerprint density at radius 3 is 2.95 bits per heavy atom. The number of benzene rings is 1. The van der Waals surface area contributed by atoms with Gasteiger partial charge in [0.2, 0.25) is 0 Å². The topological polar surface area (TPSA) is 20.3 Å². The van der Waals surface area contributed by atoms with Crippen LogP contribution in [-0.4, -0.2) is 12.3 Å². The molecule has 0 spiro atoms. The fraction of sp³-hybridized carbons (Fsp3) is 0.312. The first-order valence-electron chi connectivity index (χ1n) is 6.72. The summed E-state index contributed by atoms with van der Waals surface area (Å²) in [4.78, 5) is 15.2. The third-order valence-corrected chi connectivity index (χ3v) is 4.93. The van der Waals surface area contributed by atoms with Gasteiger partial charge in [0.05, 0.1) is 11.7 Å². The number of hydrogen-bond acceptors (Lipinski definition) is 3. The number of carbonyl (C=O) groups is 1. The maximum absolute atomic E-state index is 14.3. The minimum atomic E-state index is -0.316. The number of hydrogen-bond donors (Lipinski definition) is 0. The van der Waals surface area contributed by atoms with E-state index in [1.165, 1.54) is 23.4 Å². The molecule has 2 aromatic rings. The fourth-order valence-corrected chi connectivity index (χ4v) is 3.87. The molecule has 1 unspecified atom stereocenters. The summed E-state index contributed by atoms with van der Waals surface area (Å²) >= 11 is 1.75. The highest BCUT2D eigenvalue weighted by atomic mass is 32.1. The number of thiophene rings is 1. The predicted octanol–water partition coefficient (Wildman–Crippen LogP) is 4.21. The van der Waals surface area contributed by atoms with Crippen molar-refractivity contribution in [1.82, 2.24) is 0 Å². The van der Waals surface area contributed by atoms with Crippen LogP contribution in [0.4, 0.5) is 10.1 Å². The van der Waals surface area contributed by atoms with Gasteiger partial charge in [-0.3, -0.25) is 4.79 Å². The second kappa shape index (κ2) is 5.02. The molecule has 0 saturated heterocycles. The van der Waals surface area contributed by atoms with E-state index in [4.69, 9.17) is 0 Å². The molecule has 2 heterocycles. The largest absolute Gasteiger partial charge is 0.361 e. The summed E-state index contributed by atoms with van der Waals surface area (Å²) in [6, 6.07) is 6.93. The first-order chi connectivity index (χ1) is 9.59. The van der Waals surface area contributed by atoms with Gasteiger partial charge in [-0.25, -0.2) is 4.39 Å². The summed E-state index contributed by atoms with van der Waals surface area (Å²) in [6.07, 6.45) is 0.906. The first kappa shape index (κ1) is 13.3. The van der Waals surface area contributed by atoms with Crippen molar-refractivity contribution in [2.45, 2.75) is 26.3 Å². The first-order valence-corrected chi connectivity index (χ1v) is 7.60. The molecule has 1 aromatic carbocycles. The lowest BCUT2D eigenvalue weighted by Crippen LogP contribution is -2.34. The molecule has 0 saturated carbocycles. The number of halogens is 1. The molecule has 1 aliphatic heterocycles. The van der Waals surface area contributed by atoms with Gasteiger partial charge < -0.3 is 4.90 Å². The number of anilines is 1. The van der Waals surface area contributed by atoms with E-state index >= 15 is 0 Å². The number of fused-ring (bicyclic) bond motifs is 1. The molecule has 0 N–H and O–H groups in total. The zero-order valence-electron chi connectivity index (χ0n) is 11.5. The summed E-state index contributed by atoms with van der Waals surface area (Å²) in [5, 5.41) is 2.08. The minimum Gasteiger partial charge on any atom is -0.361 e. The third kappa shape index (κ3) is 2.04. The average Bonchev–Trinajstić information content (AvgIpc) is 2.89. The van der Waals surface area contributed by atoms with Crippen LogP contribution in [0.15, 0.2) is 29.6 Å². The van der Waals surface area contributed by atoms with Crippen molar-refractivity contribution >= 4 is 22.8 Å². The quantitative estimate of drug-likeness (QED) is 0.772. The van der Waals surface area contributed by atoms with Crippen LogP contribution in [0.3, 0.4) is 0 Å². The Balaban J connectivity index is 2.09. The smallest absolute Gasteiger partial charge is 0.161 e. The molecule has 104 valence electrons. The summed E-state index contributed by atoms with van der Waals surface area (Å²) < 4.78 is 14.3. The van der Waals surface area contributed by atoms with E-state index in [2.05, 4.69) is 18.4 Å². The molecule has 1 aliphatic rings. The summed E-state index contributed by atoms with van der Waals surface area (Å²) in [6.45, 7) is 4.31. The van der Waals surface area contributed by atoms with E-state index in [0.29, 0.717) is 11.3 Å². The lowest BCUT2D eigenvalue weighted by molar-refractivity contribution is 0.101.